The highest BCUT2D eigenvalue weighted by Crippen LogP contribution is 1.81. The Labute approximate surface area is 47.7 Å². The Morgan fingerprint density at radius 1 is 2.00 bits per heavy atom. The third-order valence-corrected chi connectivity index (χ3v) is 0.603. The van der Waals surface area contributed by atoms with Crippen LogP contribution >= 0.6 is 0 Å². The highest BCUT2D eigenvalue weighted by molar-refractivity contribution is 5.26. The van der Waals surface area contributed by atoms with Gasteiger partial charge in [0, 0.05) is 6.20 Å². The van der Waals surface area contributed by atoms with Crippen molar-refractivity contribution in [2.45, 2.75) is 0 Å². The van der Waals surface area contributed by atoms with Crippen molar-refractivity contribution >= 4 is 6.72 Å². The fraction of sp³-hybridized carbons (Fsp3) is 0.250. The van der Waals surface area contributed by atoms with Gasteiger partial charge in [-0.05, 0) is 6.72 Å². The highest BCUT2D eigenvalue weighted by atomic mass is 16.3. The molecule has 0 atom stereocenters. The van der Waals surface area contributed by atoms with Crippen LogP contribution < -0.4 is 11.3 Å². The van der Waals surface area contributed by atoms with Gasteiger partial charge in [0.25, 0.3) is 0 Å². The minimum Gasteiger partial charge on any atom is -0.390 e. The van der Waals surface area contributed by atoms with Crippen molar-refractivity contribution in [3.63, 3.8) is 0 Å². The van der Waals surface area contributed by atoms with Gasteiger partial charge < -0.3 is 10.5 Å². The molecule has 0 aromatic rings. The molecular weight excluding hydrogens is 106 g/mol. The van der Waals surface area contributed by atoms with Crippen LogP contribution in [0.5, 0.6) is 0 Å². The summed E-state index contributed by atoms with van der Waals surface area (Å²) in [6, 6.07) is 0. The average Bonchev–Trinajstić information content (AvgIpc) is 1.83. The summed E-state index contributed by atoms with van der Waals surface area (Å²) in [6.45, 7) is 3.02. The van der Waals surface area contributed by atoms with Gasteiger partial charge in [0.15, 0.2) is 0 Å². The van der Waals surface area contributed by atoms with Crippen LogP contribution in [-0.2, 0) is 0 Å². The number of hydrogen-bond acceptors (Lipinski definition) is 4. The molecule has 0 aliphatic carbocycles. The number of hydrazine groups is 1. The summed E-state index contributed by atoms with van der Waals surface area (Å²) < 4.78 is 0. The lowest BCUT2D eigenvalue weighted by Gasteiger charge is -1.96. The van der Waals surface area contributed by atoms with E-state index in [1.807, 2.05) is 0 Å². The monoisotopic (exact) mass is 115 g/mol. The Kier molecular flexibility index (Phi) is 3.83. The third kappa shape index (κ3) is 2.33. The zero-order valence-corrected chi connectivity index (χ0v) is 4.46. The van der Waals surface area contributed by atoms with Gasteiger partial charge in [-0.1, -0.05) is 0 Å². The first-order valence-corrected chi connectivity index (χ1v) is 2.07. The van der Waals surface area contributed by atoms with Crippen LogP contribution in [0, 0.1) is 0 Å². The summed E-state index contributed by atoms with van der Waals surface area (Å²) in [7, 11) is 0. The summed E-state index contributed by atoms with van der Waals surface area (Å²) in [5.41, 5.74) is 2.67. The van der Waals surface area contributed by atoms with Gasteiger partial charge >= 0.3 is 0 Å². The van der Waals surface area contributed by atoms with Crippen molar-refractivity contribution in [3.05, 3.63) is 11.9 Å². The molecule has 0 saturated heterocycles. The number of nitrogens with one attached hydrogen (secondary N) is 1. The first-order valence-electron chi connectivity index (χ1n) is 2.07. The van der Waals surface area contributed by atoms with Gasteiger partial charge in [0.2, 0.25) is 0 Å². The number of aliphatic hydroxyl groups excluding tert-OH is 1. The first kappa shape index (κ1) is 7.13. The third-order valence-electron chi connectivity index (χ3n) is 0.603. The van der Waals surface area contributed by atoms with Crippen molar-refractivity contribution in [1.82, 2.24) is 5.43 Å². The normalized spacial score (nSPS) is 11.0. The van der Waals surface area contributed by atoms with Crippen molar-refractivity contribution in [1.29, 1.82) is 0 Å². The minimum absolute atomic E-state index is 0.143. The van der Waals surface area contributed by atoms with E-state index < -0.39 is 0 Å². The molecule has 4 nitrogen and oxygen atoms in total. The van der Waals surface area contributed by atoms with Crippen LogP contribution in [-0.4, -0.2) is 18.4 Å². The summed E-state index contributed by atoms with van der Waals surface area (Å²) in [5, 5.41) is 8.36. The molecule has 0 heterocycles. The molecule has 4 heteroatoms. The zero-order chi connectivity index (χ0) is 6.41. The van der Waals surface area contributed by atoms with E-state index in [-0.39, 0.29) is 6.61 Å². The lowest BCUT2D eigenvalue weighted by molar-refractivity contribution is 0.321. The van der Waals surface area contributed by atoms with Gasteiger partial charge in [-0.3, -0.25) is 10.8 Å². The second-order valence-corrected chi connectivity index (χ2v) is 1.14. The molecule has 46 valence electrons. The van der Waals surface area contributed by atoms with Gasteiger partial charge in [0.1, 0.15) is 0 Å². The Hall–Kier alpha value is -0.870. The van der Waals surface area contributed by atoms with Crippen molar-refractivity contribution in [2.24, 2.45) is 10.8 Å². The maximum absolute atomic E-state index is 8.36. The number of nitrogens with two attached hydrogens (primary N) is 1. The number of nitrogens with zero attached hydrogens (tertiary/aromatic N) is 1. The van der Waals surface area contributed by atoms with Gasteiger partial charge in [-0.25, -0.2) is 0 Å². The van der Waals surface area contributed by atoms with Crippen LogP contribution in [0.25, 0.3) is 0 Å². The molecule has 0 fully saturated rings. The van der Waals surface area contributed by atoms with E-state index in [1.165, 1.54) is 6.20 Å². The standard InChI is InChI=1S/C4H9N3O/c1-6-2-4(3-8)7-5/h2,7-8H,1,3,5H2/b4-2-. The fourth-order valence-corrected chi connectivity index (χ4v) is 0.234. The fourth-order valence-electron chi connectivity index (χ4n) is 0.234. The van der Waals surface area contributed by atoms with E-state index in [0.29, 0.717) is 5.70 Å². The number of aliphatic imine (C=N–C) groups is 1. The maximum atomic E-state index is 8.36. The van der Waals surface area contributed by atoms with Crippen molar-refractivity contribution < 1.29 is 5.11 Å². The minimum atomic E-state index is -0.143. The van der Waals surface area contributed by atoms with E-state index >= 15 is 0 Å². The molecule has 0 rings (SSSR count). The molecular formula is C4H9N3O. The molecule has 0 aliphatic heterocycles. The second kappa shape index (κ2) is 4.29. The molecule has 0 spiro atoms. The quantitative estimate of drug-likeness (QED) is 0.250. The zero-order valence-electron chi connectivity index (χ0n) is 4.46. The molecule has 8 heavy (non-hydrogen) atoms. The Balaban J connectivity index is 3.66. The van der Waals surface area contributed by atoms with E-state index in [4.69, 9.17) is 10.9 Å². The molecule has 0 unspecified atom stereocenters. The lowest BCUT2D eigenvalue weighted by atomic mass is 10.5. The molecule has 0 amide bonds. The molecule has 0 saturated carbocycles. The first-order chi connectivity index (χ1) is 3.85. The van der Waals surface area contributed by atoms with E-state index in [1.54, 1.807) is 0 Å². The lowest BCUT2D eigenvalue weighted by Crippen LogP contribution is -2.22. The van der Waals surface area contributed by atoms with Crippen LogP contribution in [0.4, 0.5) is 0 Å². The number of hydrogen-bond donors (Lipinski definition) is 3. The second-order valence-electron chi connectivity index (χ2n) is 1.14. The predicted molar refractivity (Wildman–Crippen MR) is 32.0 cm³/mol. The summed E-state index contributed by atoms with van der Waals surface area (Å²) in [4.78, 5) is 3.36. The topological polar surface area (TPSA) is 70.6 Å². The van der Waals surface area contributed by atoms with E-state index in [9.17, 15) is 0 Å². The highest BCUT2D eigenvalue weighted by Gasteiger charge is 1.84. The maximum Gasteiger partial charge on any atom is 0.0856 e. The van der Waals surface area contributed by atoms with Crippen molar-refractivity contribution in [3.8, 4) is 0 Å². The van der Waals surface area contributed by atoms with Gasteiger partial charge in [-0.2, -0.15) is 0 Å². The Morgan fingerprint density at radius 3 is 2.75 bits per heavy atom. The average molecular weight is 115 g/mol. The van der Waals surface area contributed by atoms with E-state index in [2.05, 4.69) is 17.1 Å². The molecule has 0 aromatic heterocycles. The molecule has 0 aromatic carbocycles. The van der Waals surface area contributed by atoms with E-state index in [0.717, 1.165) is 0 Å². The largest absolute Gasteiger partial charge is 0.390 e. The Morgan fingerprint density at radius 2 is 2.62 bits per heavy atom. The van der Waals surface area contributed by atoms with Gasteiger partial charge in [0.05, 0.1) is 12.3 Å². The smallest absolute Gasteiger partial charge is 0.0856 e. The molecule has 0 radical (unpaired) electrons. The number of rotatable bonds is 3. The molecule has 0 aliphatic rings. The van der Waals surface area contributed by atoms with Gasteiger partial charge in [-0.15, -0.1) is 0 Å². The molecule has 0 bridgehead atoms. The predicted octanol–water partition coefficient (Wildman–Crippen LogP) is -1.02. The summed E-state index contributed by atoms with van der Waals surface area (Å²) in [5.74, 6) is 4.90. The van der Waals surface area contributed by atoms with Crippen LogP contribution in [0.15, 0.2) is 16.9 Å². The van der Waals surface area contributed by atoms with Crippen molar-refractivity contribution in [2.75, 3.05) is 6.61 Å². The summed E-state index contributed by atoms with van der Waals surface area (Å²) in [6.07, 6.45) is 1.35. The molecule has 4 N–H and O–H groups in total. The van der Waals surface area contributed by atoms with Crippen LogP contribution in [0.1, 0.15) is 0 Å². The Bertz CT molecular complexity index is 93.5. The summed E-state index contributed by atoms with van der Waals surface area (Å²) >= 11 is 0. The SMILES string of the molecule is C=N/C=C(/CO)NN. The number of aliphatic hydroxyl groups is 1. The van der Waals surface area contributed by atoms with Crippen LogP contribution in [0.2, 0.25) is 0 Å². The van der Waals surface area contributed by atoms with Crippen LogP contribution in [0.3, 0.4) is 0 Å².